The van der Waals surface area contributed by atoms with Crippen molar-refractivity contribution in [2.45, 2.75) is 33.4 Å². The van der Waals surface area contributed by atoms with Crippen LogP contribution in [0.3, 0.4) is 0 Å². The van der Waals surface area contributed by atoms with E-state index in [0.29, 0.717) is 12.6 Å². The molecule has 1 unspecified atom stereocenters. The maximum atomic E-state index is 5.30. The molecule has 0 bridgehead atoms. The van der Waals surface area contributed by atoms with E-state index in [2.05, 4.69) is 24.1 Å². The van der Waals surface area contributed by atoms with Gasteiger partial charge in [-0.05, 0) is 20.4 Å². The van der Waals surface area contributed by atoms with Crippen LogP contribution < -0.4 is 5.32 Å². The molecule has 0 aromatic carbocycles. The van der Waals surface area contributed by atoms with E-state index in [0.717, 1.165) is 18.2 Å². The molecule has 3 nitrogen and oxygen atoms in total. The molecule has 14 heavy (non-hydrogen) atoms. The van der Waals surface area contributed by atoms with Gasteiger partial charge in [0, 0.05) is 23.7 Å². The van der Waals surface area contributed by atoms with Crippen LogP contribution in [0.5, 0.6) is 0 Å². The largest absolute Gasteiger partial charge is 0.375 e. The number of nitrogens with zero attached hydrogens (tertiary/aromatic N) is 1. The first-order chi connectivity index (χ1) is 6.77. The lowest BCUT2D eigenvalue weighted by atomic mass is 10.3. The first kappa shape index (κ1) is 11.6. The summed E-state index contributed by atoms with van der Waals surface area (Å²) in [4.78, 5) is 5.59. The second-order valence-corrected chi connectivity index (χ2v) is 4.22. The van der Waals surface area contributed by atoms with E-state index in [1.807, 2.05) is 13.1 Å². The lowest BCUT2D eigenvalue weighted by Gasteiger charge is -2.08. The van der Waals surface area contributed by atoms with Crippen LogP contribution in [0.25, 0.3) is 0 Å². The highest BCUT2D eigenvalue weighted by molar-refractivity contribution is 7.11. The molecule has 0 saturated carbocycles. The van der Waals surface area contributed by atoms with Crippen LogP contribution in [-0.4, -0.2) is 18.1 Å². The zero-order valence-corrected chi connectivity index (χ0v) is 9.86. The Morgan fingerprint density at radius 1 is 1.57 bits per heavy atom. The zero-order valence-electron chi connectivity index (χ0n) is 9.04. The van der Waals surface area contributed by atoms with Crippen molar-refractivity contribution < 1.29 is 4.74 Å². The summed E-state index contributed by atoms with van der Waals surface area (Å²) in [5.41, 5.74) is 0. The van der Waals surface area contributed by atoms with Crippen LogP contribution >= 0.6 is 11.3 Å². The Labute approximate surface area is 89.5 Å². The van der Waals surface area contributed by atoms with Crippen molar-refractivity contribution >= 4 is 11.3 Å². The standard InChI is InChI=1S/C10H18N2OS/c1-4-11-8(3)9-6-12-10(14-9)7-13-5-2/h6,8,11H,4-5,7H2,1-3H3. The summed E-state index contributed by atoms with van der Waals surface area (Å²) in [5, 5.41) is 4.42. The average Bonchev–Trinajstić information content (AvgIpc) is 2.63. The zero-order chi connectivity index (χ0) is 10.4. The minimum Gasteiger partial charge on any atom is -0.375 e. The minimum absolute atomic E-state index is 0.396. The van der Waals surface area contributed by atoms with E-state index in [1.165, 1.54) is 4.88 Å². The third-order valence-corrected chi connectivity index (χ3v) is 3.09. The Balaban J connectivity index is 2.49. The highest BCUT2D eigenvalue weighted by Crippen LogP contribution is 2.20. The third kappa shape index (κ3) is 3.36. The first-order valence-electron chi connectivity index (χ1n) is 5.03. The maximum Gasteiger partial charge on any atom is 0.119 e. The van der Waals surface area contributed by atoms with Gasteiger partial charge in [0.1, 0.15) is 5.01 Å². The van der Waals surface area contributed by atoms with Crippen molar-refractivity contribution in [2.24, 2.45) is 0 Å². The van der Waals surface area contributed by atoms with Gasteiger partial charge in [-0.2, -0.15) is 0 Å². The molecule has 1 aromatic rings. The third-order valence-electron chi connectivity index (χ3n) is 1.94. The van der Waals surface area contributed by atoms with E-state index in [4.69, 9.17) is 4.74 Å². The second kappa shape index (κ2) is 6.11. The summed E-state index contributed by atoms with van der Waals surface area (Å²) in [6, 6.07) is 0.396. The Bertz CT molecular complexity index is 262. The van der Waals surface area contributed by atoms with Gasteiger partial charge in [-0.25, -0.2) is 4.98 Å². The van der Waals surface area contributed by atoms with Gasteiger partial charge >= 0.3 is 0 Å². The van der Waals surface area contributed by atoms with Crippen molar-refractivity contribution in [3.05, 3.63) is 16.1 Å². The summed E-state index contributed by atoms with van der Waals surface area (Å²) in [6.07, 6.45) is 1.94. The molecular weight excluding hydrogens is 196 g/mol. The number of nitrogens with one attached hydrogen (secondary N) is 1. The topological polar surface area (TPSA) is 34.2 Å². The summed E-state index contributed by atoms with van der Waals surface area (Å²) < 4.78 is 5.30. The van der Waals surface area contributed by atoms with E-state index in [9.17, 15) is 0 Å². The number of rotatable bonds is 6. The summed E-state index contributed by atoms with van der Waals surface area (Å²) >= 11 is 1.72. The molecule has 0 aliphatic carbocycles. The molecule has 1 heterocycles. The van der Waals surface area contributed by atoms with Crippen LogP contribution in [0.4, 0.5) is 0 Å². The van der Waals surface area contributed by atoms with E-state index < -0.39 is 0 Å². The van der Waals surface area contributed by atoms with Crippen molar-refractivity contribution in [1.82, 2.24) is 10.3 Å². The monoisotopic (exact) mass is 214 g/mol. The van der Waals surface area contributed by atoms with Gasteiger partial charge in [-0.1, -0.05) is 6.92 Å². The van der Waals surface area contributed by atoms with Gasteiger partial charge in [0.15, 0.2) is 0 Å². The lowest BCUT2D eigenvalue weighted by Crippen LogP contribution is -2.16. The molecule has 0 radical (unpaired) electrons. The van der Waals surface area contributed by atoms with E-state index in [-0.39, 0.29) is 0 Å². The number of ether oxygens (including phenoxy) is 1. The fourth-order valence-corrected chi connectivity index (χ4v) is 2.07. The van der Waals surface area contributed by atoms with Crippen molar-refractivity contribution in [1.29, 1.82) is 0 Å². The number of hydrogen-bond donors (Lipinski definition) is 1. The fourth-order valence-electron chi connectivity index (χ4n) is 1.19. The maximum absolute atomic E-state index is 5.30. The van der Waals surface area contributed by atoms with Crippen molar-refractivity contribution in [2.75, 3.05) is 13.2 Å². The fraction of sp³-hybridized carbons (Fsp3) is 0.700. The summed E-state index contributed by atoms with van der Waals surface area (Å²) in [7, 11) is 0. The Hall–Kier alpha value is -0.450. The smallest absolute Gasteiger partial charge is 0.119 e. The van der Waals surface area contributed by atoms with Crippen molar-refractivity contribution in [3.8, 4) is 0 Å². The normalized spacial score (nSPS) is 13.1. The molecule has 0 aliphatic rings. The second-order valence-electron chi connectivity index (χ2n) is 3.07. The molecule has 4 heteroatoms. The molecule has 80 valence electrons. The van der Waals surface area contributed by atoms with Crippen LogP contribution in [0.1, 0.15) is 36.7 Å². The Morgan fingerprint density at radius 3 is 3.00 bits per heavy atom. The molecule has 1 N–H and O–H groups in total. The summed E-state index contributed by atoms with van der Waals surface area (Å²) in [5.74, 6) is 0. The van der Waals surface area contributed by atoms with Gasteiger partial charge in [-0.3, -0.25) is 0 Å². The number of aromatic nitrogens is 1. The molecular formula is C10H18N2OS. The summed E-state index contributed by atoms with van der Waals surface area (Å²) in [6.45, 7) is 8.63. The average molecular weight is 214 g/mol. The lowest BCUT2D eigenvalue weighted by molar-refractivity contribution is 0.134. The highest BCUT2D eigenvalue weighted by atomic mass is 32.1. The molecule has 0 fully saturated rings. The van der Waals surface area contributed by atoms with Gasteiger partial charge in [-0.15, -0.1) is 11.3 Å². The van der Waals surface area contributed by atoms with Crippen LogP contribution in [0, 0.1) is 0 Å². The molecule has 0 saturated heterocycles. The predicted octanol–water partition coefficient (Wildman–Crippen LogP) is 2.35. The molecule has 1 atom stereocenters. The van der Waals surface area contributed by atoms with Gasteiger partial charge < -0.3 is 10.1 Å². The van der Waals surface area contributed by atoms with Gasteiger partial charge in [0.25, 0.3) is 0 Å². The predicted molar refractivity (Wildman–Crippen MR) is 59.5 cm³/mol. The van der Waals surface area contributed by atoms with Crippen LogP contribution in [-0.2, 0) is 11.3 Å². The molecule has 1 rings (SSSR count). The molecule has 0 amide bonds. The first-order valence-corrected chi connectivity index (χ1v) is 5.85. The molecule has 1 aromatic heterocycles. The van der Waals surface area contributed by atoms with E-state index >= 15 is 0 Å². The van der Waals surface area contributed by atoms with Crippen molar-refractivity contribution in [3.63, 3.8) is 0 Å². The quantitative estimate of drug-likeness (QED) is 0.789. The van der Waals surface area contributed by atoms with Gasteiger partial charge in [0.2, 0.25) is 0 Å². The van der Waals surface area contributed by atoms with Crippen LogP contribution in [0.2, 0.25) is 0 Å². The van der Waals surface area contributed by atoms with Gasteiger partial charge in [0.05, 0.1) is 6.61 Å². The Morgan fingerprint density at radius 2 is 2.36 bits per heavy atom. The minimum atomic E-state index is 0.396. The molecule has 0 spiro atoms. The Kier molecular flexibility index (Phi) is 5.07. The molecule has 0 aliphatic heterocycles. The number of thiazole rings is 1. The van der Waals surface area contributed by atoms with Crippen LogP contribution in [0.15, 0.2) is 6.20 Å². The highest BCUT2D eigenvalue weighted by Gasteiger charge is 2.08. The van der Waals surface area contributed by atoms with E-state index in [1.54, 1.807) is 11.3 Å². The SMILES string of the molecule is CCNC(C)c1cnc(COCC)s1. The number of hydrogen-bond acceptors (Lipinski definition) is 4.